The van der Waals surface area contributed by atoms with Crippen LogP contribution >= 0.6 is 0 Å². The van der Waals surface area contributed by atoms with Gasteiger partial charge in [-0.15, -0.1) is 0 Å². The maximum Gasteiger partial charge on any atom is 0.361 e. The van der Waals surface area contributed by atoms with E-state index in [-0.39, 0.29) is 32.2 Å². The van der Waals surface area contributed by atoms with Gasteiger partial charge < -0.3 is 28.5 Å². The lowest BCUT2D eigenvalue weighted by molar-refractivity contribution is -0.870. The Bertz CT molecular complexity index is 1730. The van der Waals surface area contributed by atoms with E-state index in [1.807, 2.05) is 21.1 Å². The van der Waals surface area contributed by atoms with E-state index in [2.05, 4.69) is 123 Å². The van der Waals surface area contributed by atoms with Gasteiger partial charge in [-0.05, 0) is 96.3 Å². The average Bonchev–Trinajstić information content (AvgIpc) is 3.46. The van der Waals surface area contributed by atoms with E-state index in [0.717, 1.165) is 96.3 Å². The van der Waals surface area contributed by atoms with Crippen LogP contribution in [0.3, 0.4) is 0 Å². The molecular formula is C74H128NO8+. The SMILES string of the molecule is CC/C=C\C/C=C\C/C=C\C/C=C\C/C=C\CCCCCCCCCCCCCCCCCC(=O)OC(COC(=O)CCCCCCCCCCCCCCCC/C=C\C/C=C\C/C=C\C/C=C\CC)COC(OCC[N+](C)(C)C)C(=O)O. The summed E-state index contributed by atoms with van der Waals surface area (Å²) in [5.41, 5.74) is 0. The fraction of sp³-hybridized carbons (Fsp3) is 0.716. The topological polar surface area (TPSA) is 108 Å². The number of carbonyl (C=O) groups is 3. The molecule has 0 aliphatic carbocycles. The van der Waals surface area contributed by atoms with Crippen LogP contribution in [0.15, 0.2) is 109 Å². The van der Waals surface area contributed by atoms with Crippen LogP contribution in [0.2, 0.25) is 0 Å². The number of carboxylic acid groups (broad SMARTS) is 1. The van der Waals surface area contributed by atoms with Gasteiger partial charge in [0.25, 0.3) is 6.29 Å². The highest BCUT2D eigenvalue weighted by Gasteiger charge is 2.25. The third-order valence-electron chi connectivity index (χ3n) is 14.5. The minimum atomic E-state index is -1.52. The molecule has 0 aromatic carbocycles. The molecule has 0 rings (SSSR count). The molecule has 476 valence electrons. The minimum absolute atomic E-state index is 0.184. The Morgan fingerprint density at radius 3 is 0.964 bits per heavy atom. The summed E-state index contributed by atoms with van der Waals surface area (Å²) in [5.74, 6) is -2.00. The summed E-state index contributed by atoms with van der Waals surface area (Å²) in [4.78, 5) is 37.6. The van der Waals surface area contributed by atoms with Crippen molar-refractivity contribution in [1.82, 2.24) is 0 Å². The number of esters is 2. The molecule has 0 saturated carbocycles. The van der Waals surface area contributed by atoms with Crippen molar-refractivity contribution < 1.29 is 42.9 Å². The third kappa shape index (κ3) is 65.3. The third-order valence-corrected chi connectivity index (χ3v) is 14.5. The molecule has 83 heavy (non-hydrogen) atoms. The zero-order chi connectivity index (χ0) is 60.5. The highest BCUT2D eigenvalue weighted by Crippen LogP contribution is 2.17. The number of ether oxygens (including phenoxy) is 4. The van der Waals surface area contributed by atoms with Crippen molar-refractivity contribution in [1.29, 1.82) is 0 Å². The zero-order valence-electron chi connectivity index (χ0n) is 54.3. The summed E-state index contributed by atoms with van der Waals surface area (Å²) in [6.07, 6.45) is 86.2. The monoisotopic (exact) mass is 1160 g/mol. The lowest BCUT2D eigenvalue weighted by atomic mass is 10.0. The lowest BCUT2D eigenvalue weighted by Gasteiger charge is -2.25. The Morgan fingerprint density at radius 2 is 0.651 bits per heavy atom. The molecule has 0 saturated heterocycles. The normalized spacial score (nSPS) is 13.4. The Morgan fingerprint density at radius 1 is 0.361 bits per heavy atom. The first-order valence-electron chi connectivity index (χ1n) is 34.1. The molecule has 0 amide bonds. The largest absolute Gasteiger partial charge is 0.477 e. The van der Waals surface area contributed by atoms with E-state index in [1.54, 1.807) is 0 Å². The molecule has 2 unspecified atom stereocenters. The number of hydrogen-bond acceptors (Lipinski definition) is 7. The van der Waals surface area contributed by atoms with Gasteiger partial charge in [0.2, 0.25) is 0 Å². The summed E-state index contributed by atoms with van der Waals surface area (Å²) >= 11 is 0. The van der Waals surface area contributed by atoms with Crippen molar-refractivity contribution in [2.45, 2.75) is 296 Å². The van der Waals surface area contributed by atoms with Gasteiger partial charge in [-0.25, -0.2) is 4.79 Å². The second-order valence-corrected chi connectivity index (χ2v) is 23.7. The molecule has 9 heteroatoms. The van der Waals surface area contributed by atoms with Crippen molar-refractivity contribution in [2.24, 2.45) is 0 Å². The van der Waals surface area contributed by atoms with Gasteiger partial charge in [0.1, 0.15) is 13.2 Å². The van der Waals surface area contributed by atoms with Gasteiger partial charge in [0.15, 0.2) is 6.10 Å². The van der Waals surface area contributed by atoms with Gasteiger partial charge in [-0.1, -0.05) is 284 Å². The first kappa shape index (κ1) is 79.0. The number of aliphatic carboxylic acids is 1. The number of rotatable bonds is 62. The molecule has 0 aromatic heterocycles. The van der Waals surface area contributed by atoms with Gasteiger partial charge >= 0.3 is 17.9 Å². The van der Waals surface area contributed by atoms with Gasteiger partial charge in [0.05, 0.1) is 34.4 Å². The number of carbonyl (C=O) groups excluding carboxylic acids is 2. The second kappa shape index (κ2) is 64.0. The van der Waals surface area contributed by atoms with Crippen LogP contribution in [0.1, 0.15) is 284 Å². The second-order valence-electron chi connectivity index (χ2n) is 23.7. The van der Waals surface area contributed by atoms with E-state index in [0.29, 0.717) is 17.4 Å². The van der Waals surface area contributed by atoms with Gasteiger partial charge in [-0.3, -0.25) is 9.59 Å². The van der Waals surface area contributed by atoms with Crippen LogP contribution in [0.25, 0.3) is 0 Å². The number of hydrogen-bond donors (Lipinski definition) is 1. The molecule has 0 aromatic rings. The first-order chi connectivity index (χ1) is 40.6. The Labute approximate surface area is 511 Å². The van der Waals surface area contributed by atoms with Gasteiger partial charge in [-0.2, -0.15) is 0 Å². The van der Waals surface area contributed by atoms with Crippen molar-refractivity contribution in [3.05, 3.63) is 109 Å². The van der Waals surface area contributed by atoms with Crippen LogP contribution in [0.4, 0.5) is 0 Å². The first-order valence-corrected chi connectivity index (χ1v) is 34.1. The van der Waals surface area contributed by atoms with Crippen LogP contribution in [0.5, 0.6) is 0 Å². The van der Waals surface area contributed by atoms with Crippen molar-refractivity contribution in [3.63, 3.8) is 0 Å². The number of nitrogens with zero attached hydrogens (tertiary/aromatic N) is 1. The van der Waals surface area contributed by atoms with Crippen LogP contribution in [-0.4, -0.2) is 87.4 Å². The molecule has 0 spiro atoms. The van der Waals surface area contributed by atoms with Crippen LogP contribution < -0.4 is 0 Å². The Hall–Kier alpha value is -4.05. The van der Waals surface area contributed by atoms with E-state index in [1.165, 1.54) is 161 Å². The molecule has 1 N–H and O–H groups in total. The molecule has 0 radical (unpaired) electrons. The summed E-state index contributed by atoms with van der Waals surface area (Å²) in [5, 5.41) is 9.74. The average molecular weight is 1160 g/mol. The maximum absolute atomic E-state index is 12.9. The zero-order valence-corrected chi connectivity index (χ0v) is 54.3. The van der Waals surface area contributed by atoms with Crippen molar-refractivity contribution >= 4 is 17.9 Å². The van der Waals surface area contributed by atoms with Gasteiger partial charge in [0, 0.05) is 12.8 Å². The smallest absolute Gasteiger partial charge is 0.361 e. The van der Waals surface area contributed by atoms with Crippen molar-refractivity contribution in [3.8, 4) is 0 Å². The van der Waals surface area contributed by atoms with Crippen LogP contribution in [0, 0.1) is 0 Å². The molecule has 0 aliphatic rings. The fourth-order valence-electron chi connectivity index (χ4n) is 9.39. The number of quaternary nitrogens is 1. The number of carboxylic acids is 1. The van der Waals surface area contributed by atoms with E-state index in [9.17, 15) is 19.5 Å². The summed E-state index contributed by atoms with van der Waals surface area (Å²) in [7, 11) is 5.98. The summed E-state index contributed by atoms with van der Waals surface area (Å²) in [6.45, 7) is 4.67. The molecule has 0 heterocycles. The van der Waals surface area contributed by atoms with Crippen molar-refractivity contribution in [2.75, 3.05) is 47.5 Å². The standard InChI is InChI=1S/C74H127NO8/c1-6-8-10-12-14-16-18-20-22-24-26-28-30-32-34-35-36-37-39-41-43-45-47-49-51-53-55-57-59-61-63-65-72(77)83-70(69-82-74(73(78)79)80-67-66-75(3,4)5)68-81-71(76)64-62-60-58-56-54-52-50-48-46-44-42-40-38-33-31-29-27-25-23-21-19-17-15-13-11-9-7-2/h8-11,14-17,20-23,26-29,32,34,70,74H,6-7,12-13,18-19,24-25,30-31,33,35-69H2,1-5H3/p+1/b10-8-,11-9-,16-14-,17-15-,22-20-,23-21-,28-26-,29-27-,34-32-. The molecular weight excluding hydrogens is 1030 g/mol. The number of allylic oxidation sites excluding steroid dienone is 18. The van der Waals surface area contributed by atoms with E-state index < -0.39 is 24.3 Å². The predicted octanol–water partition coefficient (Wildman–Crippen LogP) is 21.0. The Kier molecular flexibility index (Phi) is 60.8. The highest BCUT2D eigenvalue weighted by molar-refractivity contribution is 5.71. The quantitative estimate of drug-likeness (QED) is 0.0211. The summed E-state index contributed by atoms with van der Waals surface area (Å²) < 4.78 is 23.0. The molecule has 0 aliphatic heterocycles. The molecule has 0 fully saturated rings. The predicted molar refractivity (Wildman–Crippen MR) is 355 cm³/mol. The van der Waals surface area contributed by atoms with E-state index >= 15 is 0 Å². The Balaban J connectivity index is 4.13. The molecule has 0 bridgehead atoms. The van der Waals surface area contributed by atoms with E-state index in [4.69, 9.17) is 18.9 Å². The number of likely N-dealkylation sites (N-methyl/N-ethyl adjacent to an activating group) is 1. The maximum atomic E-state index is 12.9. The lowest BCUT2D eigenvalue weighted by Crippen LogP contribution is -2.40. The highest BCUT2D eigenvalue weighted by atomic mass is 16.7. The summed E-state index contributed by atoms with van der Waals surface area (Å²) in [6, 6.07) is 0. The fourth-order valence-corrected chi connectivity index (χ4v) is 9.39. The van der Waals surface area contributed by atoms with Crippen LogP contribution in [-0.2, 0) is 33.3 Å². The number of unbranched alkanes of at least 4 members (excludes halogenated alkanes) is 29. The molecule has 2 atom stereocenters. The minimum Gasteiger partial charge on any atom is -0.477 e. The molecule has 9 nitrogen and oxygen atoms in total.